The van der Waals surface area contributed by atoms with Gasteiger partial charge in [-0.2, -0.15) is 0 Å². The molecule has 0 aromatic heterocycles. The van der Waals surface area contributed by atoms with E-state index in [0.717, 1.165) is 5.56 Å². The van der Waals surface area contributed by atoms with Crippen molar-refractivity contribution in [2.24, 2.45) is 0 Å². The van der Waals surface area contributed by atoms with Gasteiger partial charge in [0, 0.05) is 11.1 Å². The van der Waals surface area contributed by atoms with Gasteiger partial charge in [0.2, 0.25) is 0 Å². The molecule has 0 N–H and O–H groups in total. The second kappa shape index (κ2) is 5.42. The van der Waals surface area contributed by atoms with Gasteiger partial charge in [0.15, 0.2) is 0 Å². The van der Waals surface area contributed by atoms with Gasteiger partial charge >= 0.3 is 0 Å². The summed E-state index contributed by atoms with van der Waals surface area (Å²) in [4.78, 5) is 0. The van der Waals surface area contributed by atoms with Gasteiger partial charge in [-0.1, -0.05) is 23.8 Å². The Labute approximate surface area is 113 Å². The Morgan fingerprint density at radius 1 is 0.895 bits per heavy atom. The van der Waals surface area contributed by atoms with Gasteiger partial charge in [-0.15, -0.1) is 6.42 Å². The van der Waals surface area contributed by atoms with Crippen molar-refractivity contribution >= 4 is 0 Å². The molecule has 0 unspecified atom stereocenters. The standard InChI is InChI=1S/C18H13F/c1-4-15-7-9-17(18(19)12-15)10-8-16-6-5-13(2)14(3)11-16/h1,5-7,9,11-12H,2-3H3. The summed E-state index contributed by atoms with van der Waals surface area (Å²) in [7, 11) is 0. The van der Waals surface area contributed by atoms with Gasteiger partial charge in [0.05, 0.1) is 5.56 Å². The molecule has 19 heavy (non-hydrogen) atoms. The first-order chi connectivity index (χ1) is 9.10. The van der Waals surface area contributed by atoms with Crippen LogP contribution in [0.3, 0.4) is 0 Å². The fraction of sp³-hybridized carbons (Fsp3) is 0.111. The molecule has 0 amide bonds. The highest BCUT2D eigenvalue weighted by Gasteiger charge is 1.99. The van der Waals surface area contributed by atoms with E-state index in [9.17, 15) is 4.39 Å². The van der Waals surface area contributed by atoms with E-state index < -0.39 is 0 Å². The quantitative estimate of drug-likeness (QED) is 0.622. The molecule has 0 radical (unpaired) electrons. The summed E-state index contributed by atoms with van der Waals surface area (Å²) in [6.07, 6.45) is 5.21. The van der Waals surface area contributed by atoms with Crippen molar-refractivity contribution in [3.8, 4) is 24.2 Å². The molecular formula is C18H13F. The Bertz CT molecular complexity index is 722. The third-order valence-electron chi connectivity index (χ3n) is 2.98. The van der Waals surface area contributed by atoms with Crippen molar-refractivity contribution in [3.63, 3.8) is 0 Å². The number of hydrogen-bond acceptors (Lipinski definition) is 0. The number of benzene rings is 2. The first kappa shape index (κ1) is 12.9. The van der Waals surface area contributed by atoms with E-state index in [1.54, 1.807) is 12.1 Å². The zero-order valence-corrected chi connectivity index (χ0v) is 10.9. The van der Waals surface area contributed by atoms with Crippen LogP contribution in [0.1, 0.15) is 27.8 Å². The van der Waals surface area contributed by atoms with Gasteiger partial charge in [-0.05, 0) is 55.3 Å². The van der Waals surface area contributed by atoms with Crippen LogP contribution in [0.15, 0.2) is 36.4 Å². The van der Waals surface area contributed by atoms with Crippen LogP contribution in [-0.4, -0.2) is 0 Å². The zero-order valence-electron chi connectivity index (χ0n) is 10.9. The summed E-state index contributed by atoms with van der Waals surface area (Å²) in [6.45, 7) is 4.08. The SMILES string of the molecule is C#Cc1ccc(C#Cc2ccc(C)c(C)c2)c(F)c1. The maximum atomic E-state index is 13.7. The lowest BCUT2D eigenvalue weighted by molar-refractivity contribution is 0.624. The summed E-state index contributed by atoms with van der Waals surface area (Å²) >= 11 is 0. The van der Waals surface area contributed by atoms with Crippen molar-refractivity contribution in [3.05, 3.63) is 70.0 Å². The average Bonchev–Trinajstić information content (AvgIpc) is 2.41. The second-order valence-corrected chi connectivity index (χ2v) is 4.39. The molecule has 0 spiro atoms. The Morgan fingerprint density at radius 3 is 2.26 bits per heavy atom. The van der Waals surface area contributed by atoms with Crippen LogP contribution in [0.2, 0.25) is 0 Å². The molecule has 0 aliphatic carbocycles. The average molecular weight is 248 g/mol. The minimum Gasteiger partial charge on any atom is -0.206 e. The summed E-state index contributed by atoms with van der Waals surface area (Å²) in [5.74, 6) is 7.81. The van der Waals surface area contributed by atoms with E-state index >= 15 is 0 Å². The van der Waals surface area contributed by atoms with E-state index in [-0.39, 0.29) is 5.82 Å². The van der Waals surface area contributed by atoms with E-state index in [2.05, 4.69) is 17.8 Å². The van der Waals surface area contributed by atoms with Crippen molar-refractivity contribution in [1.29, 1.82) is 0 Å². The first-order valence-electron chi connectivity index (χ1n) is 5.95. The summed E-state index contributed by atoms with van der Waals surface area (Å²) in [6, 6.07) is 10.6. The van der Waals surface area contributed by atoms with Crippen molar-refractivity contribution in [2.45, 2.75) is 13.8 Å². The van der Waals surface area contributed by atoms with Crippen LogP contribution in [-0.2, 0) is 0 Å². The highest BCUT2D eigenvalue weighted by Crippen LogP contribution is 2.11. The number of hydrogen-bond donors (Lipinski definition) is 0. The lowest BCUT2D eigenvalue weighted by Gasteiger charge is -1.99. The van der Waals surface area contributed by atoms with Crippen LogP contribution in [0.25, 0.3) is 0 Å². The number of halogens is 1. The smallest absolute Gasteiger partial charge is 0.140 e. The van der Waals surface area contributed by atoms with Crippen LogP contribution in [0.4, 0.5) is 4.39 Å². The molecule has 0 nitrogen and oxygen atoms in total. The van der Waals surface area contributed by atoms with Gasteiger partial charge in [0.25, 0.3) is 0 Å². The summed E-state index contributed by atoms with van der Waals surface area (Å²) in [5, 5.41) is 0. The molecule has 0 atom stereocenters. The monoisotopic (exact) mass is 248 g/mol. The molecular weight excluding hydrogens is 235 g/mol. The third kappa shape index (κ3) is 3.03. The fourth-order valence-corrected chi connectivity index (χ4v) is 1.66. The van der Waals surface area contributed by atoms with Crippen LogP contribution in [0, 0.1) is 43.8 Å². The second-order valence-electron chi connectivity index (χ2n) is 4.39. The first-order valence-corrected chi connectivity index (χ1v) is 5.95. The van der Waals surface area contributed by atoms with Crippen molar-refractivity contribution < 1.29 is 4.39 Å². The van der Waals surface area contributed by atoms with Gasteiger partial charge in [0.1, 0.15) is 5.82 Å². The number of aryl methyl sites for hydroxylation is 2. The topological polar surface area (TPSA) is 0 Å². The molecule has 0 saturated heterocycles. The molecule has 92 valence electrons. The molecule has 2 rings (SSSR count). The maximum Gasteiger partial charge on any atom is 0.140 e. The molecule has 0 bridgehead atoms. The van der Waals surface area contributed by atoms with Gasteiger partial charge in [-0.25, -0.2) is 4.39 Å². The molecule has 0 aliphatic rings. The van der Waals surface area contributed by atoms with Gasteiger partial charge in [-0.3, -0.25) is 0 Å². The lowest BCUT2D eigenvalue weighted by atomic mass is 10.1. The maximum absolute atomic E-state index is 13.7. The van der Waals surface area contributed by atoms with Crippen LogP contribution >= 0.6 is 0 Å². The zero-order chi connectivity index (χ0) is 13.8. The predicted octanol–water partition coefficient (Wildman–Crippen LogP) is 3.82. The highest BCUT2D eigenvalue weighted by atomic mass is 19.1. The van der Waals surface area contributed by atoms with Crippen LogP contribution in [0.5, 0.6) is 0 Å². The van der Waals surface area contributed by atoms with Crippen LogP contribution < -0.4 is 0 Å². The molecule has 1 heteroatoms. The molecule has 0 saturated carbocycles. The predicted molar refractivity (Wildman–Crippen MR) is 76.2 cm³/mol. The van der Waals surface area contributed by atoms with E-state index in [1.807, 2.05) is 32.0 Å². The minimum absolute atomic E-state index is 0.359. The normalized spacial score (nSPS) is 9.37. The Balaban J connectivity index is 2.34. The minimum atomic E-state index is -0.383. The Morgan fingerprint density at radius 2 is 1.63 bits per heavy atom. The summed E-state index contributed by atoms with van der Waals surface area (Å²) in [5.41, 5.74) is 4.15. The van der Waals surface area contributed by atoms with Crippen molar-refractivity contribution in [2.75, 3.05) is 0 Å². The largest absolute Gasteiger partial charge is 0.206 e. The Kier molecular flexibility index (Phi) is 3.69. The Hall–Kier alpha value is -2.51. The van der Waals surface area contributed by atoms with E-state index in [4.69, 9.17) is 6.42 Å². The van der Waals surface area contributed by atoms with Crippen molar-refractivity contribution in [1.82, 2.24) is 0 Å². The third-order valence-corrected chi connectivity index (χ3v) is 2.98. The fourth-order valence-electron chi connectivity index (χ4n) is 1.66. The van der Waals surface area contributed by atoms with E-state index in [0.29, 0.717) is 11.1 Å². The molecule has 0 heterocycles. The highest BCUT2D eigenvalue weighted by molar-refractivity contribution is 5.47. The molecule has 0 aliphatic heterocycles. The van der Waals surface area contributed by atoms with E-state index in [1.165, 1.54) is 17.2 Å². The number of terminal acetylenes is 1. The molecule has 2 aromatic rings. The van der Waals surface area contributed by atoms with Gasteiger partial charge < -0.3 is 0 Å². The summed E-state index contributed by atoms with van der Waals surface area (Å²) < 4.78 is 13.7. The molecule has 2 aromatic carbocycles. The number of rotatable bonds is 0. The lowest BCUT2D eigenvalue weighted by Crippen LogP contribution is -1.86. The molecule has 0 fully saturated rings.